The van der Waals surface area contributed by atoms with Gasteiger partial charge in [-0.3, -0.25) is 9.59 Å². The van der Waals surface area contributed by atoms with Gasteiger partial charge in [0.25, 0.3) is 5.91 Å². The lowest BCUT2D eigenvalue weighted by Gasteiger charge is -2.36. The molecule has 1 aromatic rings. The van der Waals surface area contributed by atoms with Crippen LogP contribution in [0.1, 0.15) is 30.1 Å². The second kappa shape index (κ2) is 7.89. The van der Waals surface area contributed by atoms with Crippen molar-refractivity contribution >= 4 is 17.5 Å². The van der Waals surface area contributed by atoms with Gasteiger partial charge in [0, 0.05) is 69.5 Å². The molecule has 0 atom stereocenters. The summed E-state index contributed by atoms with van der Waals surface area (Å²) in [5.74, 6) is 0.789. The van der Waals surface area contributed by atoms with E-state index in [1.54, 1.807) is 0 Å². The first kappa shape index (κ1) is 18.3. The molecule has 0 aromatic heterocycles. The highest BCUT2D eigenvalue weighted by Gasteiger charge is 2.34. The number of rotatable bonds is 4. The number of carbonyl (C=O) groups is 2. The van der Waals surface area contributed by atoms with Crippen molar-refractivity contribution < 1.29 is 9.59 Å². The lowest BCUT2D eigenvalue weighted by molar-refractivity contribution is -0.132. The number of likely N-dealkylation sites (N-methyl/N-ethyl adjacent to an activating group) is 1. The van der Waals surface area contributed by atoms with Gasteiger partial charge in [-0.15, -0.1) is 0 Å². The molecule has 0 radical (unpaired) electrons. The average Bonchev–Trinajstić information content (AvgIpc) is 3.58. The van der Waals surface area contributed by atoms with E-state index in [-0.39, 0.29) is 5.91 Å². The summed E-state index contributed by atoms with van der Waals surface area (Å²) in [4.78, 5) is 33.6. The molecule has 6 heteroatoms. The Morgan fingerprint density at radius 2 is 1.44 bits per heavy atom. The molecule has 1 saturated carbocycles. The Bertz CT molecular complexity index is 670. The van der Waals surface area contributed by atoms with Crippen LogP contribution in [0.25, 0.3) is 0 Å². The molecule has 6 nitrogen and oxygen atoms in total. The zero-order valence-corrected chi connectivity index (χ0v) is 16.3. The van der Waals surface area contributed by atoms with Crippen molar-refractivity contribution in [1.82, 2.24) is 14.7 Å². The third-order valence-corrected chi connectivity index (χ3v) is 6.10. The molecule has 1 aromatic carbocycles. The standard InChI is InChI=1S/C21H30N4O2/c1-2-22-9-11-24(12-10-22)21(27)18-5-7-19(8-6-18)23-13-15-25(16-14-23)20(26)17-3-4-17/h5-8,17H,2-4,9-16H2,1H3. The fourth-order valence-corrected chi connectivity index (χ4v) is 4.04. The van der Waals surface area contributed by atoms with Crippen LogP contribution in [0.5, 0.6) is 0 Å². The molecule has 2 amide bonds. The van der Waals surface area contributed by atoms with Crippen LogP contribution >= 0.6 is 0 Å². The Morgan fingerprint density at radius 3 is 2.00 bits per heavy atom. The van der Waals surface area contributed by atoms with Crippen molar-refractivity contribution in [2.24, 2.45) is 5.92 Å². The number of amides is 2. The highest BCUT2D eigenvalue weighted by Crippen LogP contribution is 2.31. The zero-order chi connectivity index (χ0) is 18.8. The second-order valence-corrected chi connectivity index (χ2v) is 7.86. The molecule has 0 bridgehead atoms. The van der Waals surface area contributed by atoms with E-state index in [4.69, 9.17) is 0 Å². The number of hydrogen-bond acceptors (Lipinski definition) is 4. The van der Waals surface area contributed by atoms with Crippen molar-refractivity contribution in [1.29, 1.82) is 0 Å². The molecular weight excluding hydrogens is 340 g/mol. The molecule has 3 fully saturated rings. The van der Waals surface area contributed by atoms with Crippen LogP contribution in [0, 0.1) is 5.92 Å². The molecule has 1 aliphatic carbocycles. The third-order valence-electron chi connectivity index (χ3n) is 6.10. The molecule has 2 heterocycles. The first-order valence-corrected chi connectivity index (χ1v) is 10.3. The Kier molecular flexibility index (Phi) is 5.34. The van der Waals surface area contributed by atoms with Crippen molar-refractivity contribution in [3.05, 3.63) is 29.8 Å². The van der Waals surface area contributed by atoms with Gasteiger partial charge in [0.1, 0.15) is 0 Å². The third kappa shape index (κ3) is 4.10. The Hall–Kier alpha value is -2.08. The molecule has 146 valence electrons. The van der Waals surface area contributed by atoms with Crippen LogP contribution in [0.2, 0.25) is 0 Å². The first-order chi connectivity index (χ1) is 13.2. The molecule has 3 aliphatic rings. The van der Waals surface area contributed by atoms with E-state index in [1.165, 1.54) is 0 Å². The largest absolute Gasteiger partial charge is 0.368 e. The van der Waals surface area contributed by atoms with Gasteiger partial charge in [-0.05, 0) is 43.7 Å². The monoisotopic (exact) mass is 370 g/mol. The second-order valence-electron chi connectivity index (χ2n) is 7.86. The average molecular weight is 370 g/mol. The molecule has 27 heavy (non-hydrogen) atoms. The summed E-state index contributed by atoms with van der Waals surface area (Å²) in [5, 5.41) is 0. The molecule has 4 rings (SSSR count). The summed E-state index contributed by atoms with van der Waals surface area (Å²) in [5.41, 5.74) is 1.91. The quantitative estimate of drug-likeness (QED) is 0.806. The van der Waals surface area contributed by atoms with Crippen LogP contribution < -0.4 is 4.90 Å². The minimum absolute atomic E-state index is 0.136. The Labute approximate surface area is 161 Å². The van der Waals surface area contributed by atoms with Crippen LogP contribution in [0.4, 0.5) is 5.69 Å². The van der Waals surface area contributed by atoms with Crippen molar-refractivity contribution in [3.63, 3.8) is 0 Å². The SMILES string of the molecule is CCN1CCN(C(=O)c2ccc(N3CCN(C(=O)C4CC4)CC3)cc2)CC1. The number of anilines is 1. The predicted molar refractivity (Wildman–Crippen MR) is 106 cm³/mol. The lowest BCUT2D eigenvalue weighted by Crippen LogP contribution is -2.49. The molecule has 2 saturated heterocycles. The number of nitrogens with zero attached hydrogens (tertiary/aromatic N) is 4. The fourth-order valence-electron chi connectivity index (χ4n) is 4.04. The van der Waals surface area contributed by atoms with Crippen LogP contribution in [-0.2, 0) is 4.79 Å². The van der Waals surface area contributed by atoms with Gasteiger partial charge in [-0.1, -0.05) is 6.92 Å². The minimum Gasteiger partial charge on any atom is -0.368 e. The normalized spacial score (nSPS) is 21.4. The minimum atomic E-state index is 0.136. The van der Waals surface area contributed by atoms with E-state index in [1.807, 2.05) is 34.1 Å². The molecular formula is C21H30N4O2. The number of piperazine rings is 2. The number of hydrogen-bond donors (Lipinski definition) is 0. The topological polar surface area (TPSA) is 47.1 Å². The Balaban J connectivity index is 1.31. The van der Waals surface area contributed by atoms with Gasteiger partial charge in [-0.2, -0.15) is 0 Å². The summed E-state index contributed by atoms with van der Waals surface area (Å²) >= 11 is 0. The van der Waals surface area contributed by atoms with Crippen LogP contribution in [-0.4, -0.2) is 85.4 Å². The molecule has 0 N–H and O–H groups in total. The van der Waals surface area contributed by atoms with Crippen molar-refractivity contribution in [2.75, 3.05) is 63.8 Å². The lowest BCUT2D eigenvalue weighted by atomic mass is 10.1. The summed E-state index contributed by atoms with van der Waals surface area (Å²) in [6, 6.07) is 8.00. The van der Waals surface area contributed by atoms with E-state index >= 15 is 0 Å². The first-order valence-electron chi connectivity index (χ1n) is 10.3. The zero-order valence-electron chi connectivity index (χ0n) is 16.3. The maximum atomic E-state index is 12.7. The van der Waals surface area contributed by atoms with Gasteiger partial charge in [0.2, 0.25) is 5.91 Å². The van der Waals surface area contributed by atoms with Gasteiger partial charge in [0.15, 0.2) is 0 Å². The van der Waals surface area contributed by atoms with Gasteiger partial charge >= 0.3 is 0 Å². The van der Waals surface area contributed by atoms with Crippen LogP contribution in [0.15, 0.2) is 24.3 Å². The van der Waals surface area contributed by atoms with E-state index in [0.717, 1.165) is 83.0 Å². The van der Waals surface area contributed by atoms with Crippen molar-refractivity contribution in [3.8, 4) is 0 Å². The number of carbonyl (C=O) groups excluding carboxylic acids is 2. The van der Waals surface area contributed by atoms with E-state index in [2.05, 4.69) is 16.7 Å². The van der Waals surface area contributed by atoms with E-state index in [9.17, 15) is 9.59 Å². The van der Waals surface area contributed by atoms with E-state index in [0.29, 0.717) is 11.8 Å². The molecule has 2 aliphatic heterocycles. The highest BCUT2D eigenvalue weighted by molar-refractivity contribution is 5.94. The predicted octanol–water partition coefficient (Wildman–Crippen LogP) is 1.52. The maximum absolute atomic E-state index is 12.7. The summed E-state index contributed by atoms with van der Waals surface area (Å²) in [6.07, 6.45) is 2.14. The van der Waals surface area contributed by atoms with E-state index < -0.39 is 0 Å². The Morgan fingerprint density at radius 1 is 0.852 bits per heavy atom. The molecule has 0 unspecified atom stereocenters. The highest BCUT2D eigenvalue weighted by atomic mass is 16.2. The summed E-state index contributed by atoms with van der Waals surface area (Å²) in [6.45, 7) is 10.1. The maximum Gasteiger partial charge on any atom is 0.253 e. The van der Waals surface area contributed by atoms with Gasteiger partial charge in [0.05, 0.1) is 0 Å². The number of benzene rings is 1. The van der Waals surface area contributed by atoms with Crippen LogP contribution in [0.3, 0.4) is 0 Å². The van der Waals surface area contributed by atoms with Crippen molar-refractivity contribution in [2.45, 2.75) is 19.8 Å². The summed E-state index contributed by atoms with van der Waals surface area (Å²) in [7, 11) is 0. The van der Waals surface area contributed by atoms with Gasteiger partial charge in [-0.25, -0.2) is 0 Å². The smallest absolute Gasteiger partial charge is 0.253 e. The summed E-state index contributed by atoms with van der Waals surface area (Å²) < 4.78 is 0. The van der Waals surface area contributed by atoms with Gasteiger partial charge < -0.3 is 19.6 Å². The molecule has 0 spiro atoms. The fraction of sp³-hybridized carbons (Fsp3) is 0.619.